The number of rotatable bonds is 3. The van der Waals surface area contributed by atoms with Crippen molar-refractivity contribution in [2.45, 2.75) is 37.1 Å². The van der Waals surface area contributed by atoms with Crippen LogP contribution < -0.4 is 0 Å². The van der Waals surface area contributed by atoms with Gasteiger partial charge in [0.2, 0.25) is 11.8 Å². The van der Waals surface area contributed by atoms with Crippen LogP contribution in [0.1, 0.15) is 36.4 Å². The smallest absolute Gasteiger partial charge is 0.230 e. The van der Waals surface area contributed by atoms with Gasteiger partial charge < -0.3 is 9.80 Å². The number of hydrogen-bond donors (Lipinski definition) is 0. The molecule has 1 spiro atoms. The number of likely N-dealkylation sites (tertiary alicyclic amines) is 2. The molecule has 1 aromatic carbocycles. The highest BCUT2D eigenvalue weighted by Gasteiger charge is 2.50. The SMILES string of the molecule is CN1C(=O)[C@H](c2ccccc2)CC12CCN(C(=O)Cc1ccccn1)CC2. The summed E-state index contributed by atoms with van der Waals surface area (Å²) in [5.41, 5.74) is 1.78. The molecular formula is C22H25N3O2. The maximum atomic E-state index is 12.9. The Kier molecular flexibility index (Phi) is 4.68. The largest absolute Gasteiger partial charge is 0.342 e. The van der Waals surface area contributed by atoms with Gasteiger partial charge in [-0.25, -0.2) is 0 Å². The molecule has 2 aliphatic heterocycles. The summed E-state index contributed by atoms with van der Waals surface area (Å²) in [6.07, 6.45) is 4.58. The first kappa shape index (κ1) is 17.7. The zero-order valence-electron chi connectivity index (χ0n) is 15.7. The minimum atomic E-state index is -0.126. The van der Waals surface area contributed by atoms with Gasteiger partial charge in [-0.15, -0.1) is 0 Å². The molecule has 1 atom stereocenters. The topological polar surface area (TPSA) is 53.5 Å². The van der Waals surface area contributed by atoms with E-state index in [-0.39, 0.29) is 23.3 Å². The Bertz CT molecular complexity index is 814. The van der Waals surface area contributed by atoms with Crippen LogP contribution in [0.5, 0.6) is 0 Å². The zero-order valence-corrected chi connectivity index (χ0v) is 15.7. The van der Waals surface area contributed by atoms with Crippen molar-refractivity contribution < 1.29 is 9.59 Å². The van der Waals surface area contributed by atoms with Gasteiger partial charge in [-0.3, -0.25) is 14.6 Å². The van der Waals surface area contributed by atoms with Crippen LogP contribution in [-0.2, 0) is 16.0 Å². The van der Waals surface area contributed by atoms with Gasteiger partial charge in [-0.2, -0.15) is 0 Å². The van der Waals surface area contributed by atoms with E-state index in [1.165, 1.54) is 0 Å². The molecule has 5 heteroatoms. The van der Waals surface area contributed by atoms with Crippen LogP contribution in [0.25, 0.3) is 0 Å². The third-order valence-electron chi connectivity index (χ3n) is 6.23. The van der Waals surface area contributed by atoms with Gasteiger partial charge in [0.1, 0.15) is 0 Å². The molecular weight excluding hydrogens is 338 g/mol. The van der Waals surface area contributed by atoms with Gasteiger partial charge in [-0.05, 0) is 37.0 Å². The Morgan fingerprint density at radius 2 is 1.81 bits per heavy atom. The lowest BCUT2D eigenvalue weighted by Crippen LogP contribution is -2.53. The molecule has 2 fully saturated rings. The van der Waals surface area contributed by atoms with Gasteiger partial charge in [0.25, 0.3) is 0 Å². The van der Waals surface area contributed by atoms with Crippen molar-refractivity contribution in [2.75, 3.05) is 20.1 Å². The van der Waals surface area contributed by atoms with Crippen LogP contribution >= 0.6 is 0 Å². The molecule has 1 aromatic heterocycles. The molecule has 140 valence electrons. The predicted octanol–water partition coefficient (Wildman–Crippen LogP) is 2.63. The lowest BCUT2D eigenvalue weighted by Gasteiger charge is -2.43. The Hall–Kier alpha value is -2.69. The minimum Gasteiger partial charge on any atom is -0.342 e. The fourth-order valence-corrected chi connectivity index (χ4v) is 4.50. The van der Waals surface area contributed by atoms with Crippen LogP contribution in [0, 0.1) is 0 Å². The van der Waals surface area contributed by atoms with Crippen molar-refractivity contribution in [2.24, 2.45) is 0 Å². The van der Waals surface area contributed by atoms with E-state index in [1.54, 1.807) is 6.20 Å². The van der Waals surface area contributed by atoms with Crippen LogP contribution in [-0.4, -0.2) is 52.3 Å². The van der Waals surface area contributed by atoms with Gasteiger partial charge in [0, 0.05) is 37.6 Å². The normalized spacial score (nSPS) is 21.7. The second-order valence-corrected chi connectivity index (χ2v) is 7.67. The first-order valence-corrected chi connectivity index (χ1v) is 9.59. The Balaban J connectivity index is 1.42. The standard InChI is InChI=1S/C22H25N3O2/c1-24-21(27)19(17-7-3-2-4-8-17)16-22(24)10-13-25(14-11-22)20(26)15-18-9-5-6-12-23-18/h2-9,12,19H,10-11,13-16H2,1H3/t19-/m0/s1. The first-order valence-electron chi connectivity index (χ1n) is 9.59. The van der Waals surface area contributed by atoms with E-state index in [2.05, 4.69) is 4.98 Å². The third-order valence-corrected chi connectivity index (χ3v) is 6.23. The Morgan fingerprint density at radius 3 is 2.48 bits per heavy atom. The number of piperidine rings is 1. The third kappa shape index (κ3) is 3.34. The number of amides is 2. The lowest BCUT2D eigenvalue weighted by molar-refractivity contribution is -0.135. The Morgan fingerprint density at radius 1 is 1.11 bits per heavy atom. The van der Waals surface area contributed by atoms with Gasteiger partial charge in [0.15, 0.2) is 0 Å². The quantitative estimate of drug-likeness (QED) is 0.842. The van der Waals surface area contributed by atoms with Crippen LogP contribution in [0.3, 0.4) is 0 Å². The highest BCUT2D eigenvalue weighted by Crippen LogP contribution is 2.44. The Labute approximate surface area is 160 Å². The average molecular weight is 363 g/mol. The summed E-state index contributed by atoms with van der Waals surface area (Å²) in [5.74, 6) is 0.261. The van der Waals surface area contributed by atoms with E-state index < -0.39 is 0 Å². The van der Waals surface area contributed by atoms with Gasteiger partial charge >= 0.3 is 0 Å². The van der Waals surface area contributed by atoms with E-state index in [0.717, 1.165) is 30.5 Å². The van der Waals surface area contributed by atoms with Crippen molar-refractivity contribution in [1.82, 2.24) is 14.8 Å². The van der Waals surface area contributed by atoms with E-state index in [9.17, 15) is 9.59 Å². The molecule has 27 heavy (non-hydrogen) atoms. The predicted molar refractivity (Wildman–Crippen MR) is 103 cm³/mol. The number of carbonyl (C=O) groups excluding carboxylic acids is 2. The first-order chi connectivity index (χ1) is 13.1. The monoisotopic (exact) mass is 363 g/mol. The molecule has 0 saturated carbocycles. The molecule has 2 saturated heterocycles. The maximum absolute atomic E-state index is 12.9. The molecule has 3 heterocycles. The van der Waals surface area contributed by atoms with Crippen molar-refractivity contribution in [3.63, 3.8) is 0 Å². The fraction of sp³-hybridized carbons (Fsp3) is 0.409. The molecule has 0 bridgehead atoms. The van der Waals surface area contributed by atoms with E-state index in [1.807, 2.05) is 65.4 Å². The van der Waals surface area contributed by atoms with Crippen molar-refractivity contribution >= 4 is 11.8 Å². The number of hydrogen-bond acceptors (Lipinski definition) is 3. The van der Waals surface area contributed by atoms with E-state index >= 15 is 0 Å². The lowest BCUT2D eigenvalue weighted by atomic mass is 9.81. The highest BCUT2D eigenvalue weighted by molar-refractivity contribution is 5.87. The van der Waals surface area contributed by atoms with Gasteiger partial charge in [0.05, 0.1) is 12.3 Å². The molecule has 0 radical (unpaired) electrons. The highest BCUT2D eigenvalue weighted by atomic mass is 16.2. The summed E-state index contributed by atoms with van der Waals surface area (Å²) in [6.45, 7) is 1.40. The van der Waals surface area contributed by atoms with Crippen LogP contribution in [0.2, 0.25) is 0 Å². The number of aromatic nitrogens is 1. The zero-order chi connectivity index (χ0) is 18.9. The summed E-state index contributed by atoms with van der Waals surface area (Å²) in [6, 6.07) is 15.7. The van der Waals surface area contributed by atoms with Crippen molar-refractivity contribution in [3.8, 4) is 0 Å². The number of likely N-dealkylation sites (N-methyl/N-ethyl adjacent to an activating group) is 1. The average Bonchev–Trinajstić information content (AvgIpc) is 2.95. The second-order valence-electron chi connectivity index (χ2n) is 7.67. The van der Waals surface area contributed by atoms with Crippen molar-refractivity contribution in [3.05, 3.63) is 66.0 Å². The summed E-state index contributed by atoms with van der Waals surface area (Å²) in [7, 11) is 1.93. The molecule has 2 aliphatic rings. The molecule has 0 aliphatic carbocycles. The number of nitrogens with zero attached hydrogens (tertiary/aromatic N) is 3. The fourth-order valence-electron chi connectivity index (χ4n) is 4.50. The molecule has 2 aromatic rings. The molecule has 2 amide bonds. The summed E-state index contributed by atoms with van der Waals surface area (Å²) in [4.78, 5) is 33.6. The summed E-state index contributed by atoms with van der Waals surface area (Å²) in [5, 5.41) is 0. The molecule has 0 N–H and O–H groups in total. The van der Waals surface area contributed by atoms with E-state index in [4.69, 9.17) is 0 Å². The summed E-state index contributed by atoms with van der Waals surface area (Å²) < 4.78 is 0. The molecule has 5 nitrogen and oxygen atoms in total. The number of carbonyl (C=O) groups is 2. The number of pyridine rings is 1. The van der Waals surface area contributed by atoms with Crippen LogP contribution in [0.15, 0.2) is 54.7 Å². The molecule has 4 rings (SSSR count). The summed E-state index contributed by atoms with van der Waals surface area (Å²) >= 11 is 0. The maximum Gasteiger partial charge on any atom is 0.230 e. The number of benzene rings is 1. The van der Waals surface area contributed by atoms with E-state index in [0.29, 0.717) is 19.5 Å². The van der Waals surface area contributed by atoms with Crippen molar-refractivity contribution in [1.29, 1.82) is 0 Å². The van der Waals surface area contributed by atoms with Crippen LogP contribution in [0.4, 0.5) is 0 Å². The molecule has 0 unspecified atom stereocenters. The minimum absolute atomic E-state index is 0.0630. The van der Waals surface area contributed by atoms with Gasteiger partial charge in [-0.1, -0.05) is 36.4 Å². The second kappa shape index (κ2) is 7.14.